The number of nitrogens with one attached hydrogen (secondary N) is 1. The van der Waals surface area contributed by atoms with E-state index < -0.39 is 0 Å². The number of anilines is 1. The van der Waals surface area contributed by atoms with E-state index in [4.69, 9.17) is 11.6 Å². The van der Waals surface area contributed by atoms with Gasteiger partial charge in [0.15, 0.2) is 0 Å². The molecule has 1 aromatic carbocycles. The molecule has 114 valence electrons. The van der Waals surface area contributed by atoms with Gasteiger partial charge in [-0.25, -0.2) is 5.43 Å². The second-order valence-corrected chi connectivity index (χ2v) is 6.74. The van der Waals surface area contributed by atoms with Gasteiger partial charge in [-0.2, -0.15) is 5.10 Å². The number of carbonyl (C=O) groups excluding carboxylic acids is 1. The fraction of sp³-hybridized carbons (Fsp3) is 0.500. The van der Waals surface area contributed by atoms with Crippen molar-refractivity contribution in [3.8, 4) is 0 Å². The molecule has 1 atom stereocenters. The molecule has 0 aliphatic carbocycles. The van der Waals surface area contributed by atoms with Crippen molar-refractivity contribution in [1.82, 2.24) is 5.43 Å². The number of hydrogen-bond donors (Lipinski definition) is 1. The number of benzene rings is 1. The monoisotopic (exact) mass is 307 g/mol. The minimum absolute atomic E-state index is 0.113. The summed E-state index contributed by atoms with van der Waals surface area (Å²) >= 11 is 6.35. The molecular formula is C16H22ClN3O. The Hall–Kier alpha value is -1.55. The molecule has 4 nitrogen and oxygen atoms in total. The highest BCUT2D eigenvalue weighted by Gasteiger charge is 2.34. The average molecular weight is 308 g/mol. The number of fused-ring (bicyclic) bond motifs is 1. The molecule has 0 aromatic heterocycles. The molecule has 0 spiro atoms. The predicted octanol–water partition coefficient (Wildman–Crippen LogP) is 3.53. The Balaban J connectivity index is 2.41. The molecule has 1 unspecified atom stereocenters. The van der Waals surface area contributed by atoms with Gasteiger partial charge in [-0.05, 0) is 43.9 Å². The lowest BCUT2D eigenvalue weighted by atomic mass is 9.80. The number of hydrogen-bond acceptors (Lipinski definition) is 3. The van der Waals surface area contributed by atoms with Crippen LogP contribution in [0.15, 0.2) is 17.2 Å². The Kier molecular flexibility index (Phi) is 4.28. The van der Waals surface area contributed by atoms with E-state index in [1.807, 2.05) is 6.07 Å². The van der Waals surface area contributed by atoms with Crippen LogP contribution in [0.4, 0.5) is 5.69 Å². The van der Waals surface area contributed by atoms with Crippen molar-refractivity contribution < 1.29 is 4.79 Å². The molecule has 0 saturated carbocycles. The fourth-order valence-electron chi connectivity index (χ4n) is 2.90. The van der Waals surface area contributed by atoms with Crippen LogP contribution in [-0.2, 0) is 4.79 Å². The summed E-state index contributed by atoms with van der Waals surface area (Å²) in [6, 6.07) is 4.06. The first-order chi connectivity index (χ1) is 9.72. The lowest BCUT2D eigenvalue weighted by Gasteiger charge is -2.45. The normalized spacial score (nSPS) is 20.5. The van der Waals surface area contributed by atoms with Gasteiger partial charge < -0.3 is 4.90 Å². The van der Waals surface area contributed by atoms with Crippen LogP contribution in [-0.4, -0.2) is 24.7 Å². The first kappa shape index (κ1) is 15.8. The van der Waals surface area contributed by atoms with Gasteiger partial charge in [0, 0.05) is 30.8 Å². The van der Waals surface area contributed by atoms with Crippen molar-refractivity contribution in [3.63, 3.8) is 0 Å². The molecule has 1 heterocycles. The molecule has 1 aliphatic heterocycles. The third kappa shape index (κ3) is 3.21. The second kappa shape index (κ2) is 5.68. The van der Waals surface area contributed by atoms with Crippen molar-refractivity contribution in [3.05, 3.63) is 28.3 Å². The number of nitrogens with zero attached hydrogens (tertiary/aromatic N) is 2. The van der Waals surface area contributed by atoms with E-state index in [1.54, 1.807) is 6.21 Å². The summed E-state index contributed by atoms with van der Waals surface area (Å²) < 4.78 is 0. The molecule has 0 radical (unpaired) electrons. The number of amides is 1. The van der Waals surface area contributed by atoms with Gasteiger partial charge in [0.05, 0.1) is 11.2 Å². The van der Waals surface area contributed by atoms with Gasteiger partial charge in [0.1, 0.15) is 0 Å². The van der Waals surface area contributed by atoms with Crippen molar-refractivity contribution in [2.24, 2.45) is 5.10 Å². The molecule has 2 rings (SSSR count). The minimum atomic E-state index is -0.199. The SMILES string of the molecule is CC(=O)N/N=C\c1cc2c(cc1Cl)N(C)C(C)(C)CC2C. The first-order valence-corrected chi connectivity index (χ1v) is 7.47. The molecule has 5 heteroatoms. The smallest absolute Gasteiger partial charge is 0.236 e. The third-order valence-electron chi connectivity index (χ3n) is 4.18. The zero-order valence-corrected chi connectivity index (χ0v) is 14.0. The van der Waals surface area contributed by atoms with Gasteiger partial charge in [0.25, 0.3) is 0 Å². The number of rotatable bonds is 2. The van der Waals surface area contributed by atoms with Crippen LogP contribution in [0.3, 0.4) is 0 Å². The van der Waals surface area contributed by atoms with Crippen LogP contribution in [0.25, 0.3) is 0 Å². The van der Waals surface area contributed by atoms with E-state index >= 15 is 0 Å². The van der Waals surface area contributed by atoms with Gasteiger partial charge in [-0.15, -0.1) is 0 Å². The van der Waals surface area contributed by atoms with Crippen LogP contribution < -0.4 is 10.3 Å². The topological polar surface area (TPSA) is 44.7 Å². The summed E-state index contributed by atoms with van der Waals surface area (Å²) in [4.78, 5) is 13.1. The quantitative estimate of drug-likeness (QED) is 0.671. The van der Waals surface area contributed by atoms with E-state index in [0.29, 0.717) is 10.9 Å². The fourth-order valence-corrected chi connectivity index (χ4v) is 3.10. The third-order valence-corrected chi connectivity index (χ3v) is 4.50. The first-order valence-electron chi connectivity index (χ1n) is 7.09. The van der Waals surface area contributed by atoms with Crippen LogP contribution in [0.1, 0.15) is 51.2 Å². The molecule has 0 bridgehead atoms. The average Bonchev–Trinajstić information content (AvgIpc) is 2.36. The highest BCUT2D eigenvalue weighted by Crippen LogP contribution is 2.43. The van der Waals surface area contributed by atoms with E-state index in [2.05, 4.69) is 49.3 Å². The summed E-state index contributed by atoms with van der Waals surface area (Å²) in [6.45, 7) is 8.14. The van der Waals surface area contributed by atoms with Crippen LogP contribution in [0.2, 0.25) is 5.02 Å². The minimum Gasteiger partial charge on any atom is -0.369 e. The Morgan fingerprint density at radius 1 is 1.52 bits per heavy atom. The maximum Gasteiger partial charge on any atom is 0.236 e. The molecule has 0 saturated heterocycles. The van der Waals surface area contributed by atoms with Crippen LogP contribution >= 0.6 is 11.6 Å². The van der Waals surface area contributed by atoms with Gasteiger partial charge in [-0.3, -0.25) is 4.79 Å². The summed E-state index contributed by atoms with van der Waals surface area (Å²) in [5, 5.41) is 4.54. The van der Waals surface area contributed by atoms with Crippen LogP contribution in [0.5, 0.6) is 0 Å². The van der Waals surface area contributed by atoms with Crippen molar-refractivity contribution in [2.75, 3.05) is 11.9 Å². The van der Waals surface area contributed by atoms with E-state index in [-0.39, 0.29) is 11.4 Å². The zero-order valence-electron chi connectivity index (χ0n) is 13.2. The molecule has 1 aromatic rings. The molecule has 1 aliphatic rings. The zero-order chi connectivity index (χ0) is 15.8. The standard InChI is InChI=1S/C16H22ClN3O/c1-10-8-16(3,4)20(5)15-7-14(17)12(6-13(10)15)9-18-19-11(2)21/h6-7,9-10H,8H2,1-5H3,(H,19,21)/b18-9-. The lowest BCUT2D eigenvalue weighted by molar-refractivity contribution is -0.118. The van der Waals surface area contributed by atoms with Crippen molar-refractivity contribution in [1.29, 1.82) is 0 Å². The molecule has 1 N–H and O–H groups in total. The number of hydrazone groups is 1. The maximum absolute atomic E-state index is 10.9. The molecular weight excluding hydrogens is 286 g/mol. The Morgan fingerprint density at radius 2 is 2.19 bits per heavy atom. The summed E-state index contributed by atoms with van der Waals surface area (Å²) in [7, 11) is 2.10. The summed E-state index contributed by atoms with van der Waals surface area (Å²) in [5.41, 5.74) is 5.77. The number of halogens is 1. The van der Waals surface area contributed by atoms with E-state index in [9.17, 15) is 4.79 Å². The maximum atomic E-state index is 10.9. The Bertz CT molecular complexity index is 595. The van der Waals surface area contributed by atoms with E-state index in [1.165, 1.54) is 18.2 Å². The molecule has 21 heavy (non-hydrogen) atoms. The van der Waals surface area contributed by atoms with E-state index in [0.717, 1.165) is 12.0 Å². The highest BCUT2D eigenvalue weighted by atomic mass is 35.5. The lowest BCUT2D eigenvalue weighted by Crippen LogP contribution is -2.45. The largest absolute Gasteiger partial charge is 0.369 e. The van der Waals surface area contributed by atoms with Crippen molar-refractivity contribution in [2.45, 2.75) is 45.6 Å². The molecule has 1 amide bonds. The highest BCUT2D eigenvalue weighted by molar-refractivity contribution is 6.33. The molecule has 0 fully saturated rings. The van der Waals surface area contributed by atoms with Gasteiger partial charge in [0.2, 0.25) is 5.91 Å². The van der Waals surface area contributed by atoms with Gasteiger partial charge >= 0.3 is 0 Å². The van der Waals surface area contributed by atoms with Crippen LogP contribution in [0, 0.1) is 0 Å². The summed E-state index contributed by atoms with van der Waals surface area (Å²) in [6.07, 6.45) is 2.68. The Labute approximate surface area is 131 Å². The Morgan fingerprint density at radius 3 is 2.81 bits per heavy atom. The van der Waals surface area contributed by atoms with Gasteiger partial charge in [-0.1, -0.05) is 18.5 Å². The van der Waals surface area contributed by atoms with Crippen molar-refractivity contribution >= 4 is 29.4 Å². The predicted molar refractivity (Wildman–Crippen MR) is 88.4 cm³/mol. The summed E-state index contributed by atoms with van der Waals surface area (Å²) in [5.74, 6) is 0.256. The number of carbonyl (C=O) groups is 1. The second-order valence-electron chi connectivity index (χ2n) is 6.34.